The molecule has 1 saturated heterocycles. The Kier molecular flexibility index (Phi) is 3.32. The third-order valence-corrected chi connectivity index (χ3v) is 2.08. The lowest BCUT2D eigenvalue weighted by molar-refractivity contribution is 0.0492. The summed E-state index contributed by atoms with van der Waals surface area (Å²) in [7, 11) is 1.48. The van der Waals surface area contributed by atoms with Gasteiger partial charge in [-0.1, -0.05) is 0 Å². The summed E-state index contributed by atoms with van der Waals surface area (Å²) in [6.45, 7) is 2.91. The molecule has 0 radical (unpaired) electrons. The van der Waals surface area contributed by atoms with Crippen LogP contribution in [0.2, 0.25) is 0 Å². The Morgan fingerprint density at radius 2 is 2.06 bits per heavy atom. The number of nitrogen functional groups attached to an aromatic ring is 1. The van der Waals surface area contributed by atoms with E-state index in [1.165, 1.54) is 7.11 Å². The molecule has 2 rings (SSSR count). The molecule has 1 aliphatic heterocycles. The van der Waals surface area contributed by atoms with Gasteiger partial charge in [-0.15, -0.1) is 0 Å². The largest absolute Gasteiger partial charge is 0.467 e. The first-order valence-electron chi connectivity index (χ1n) is 4.93. The Bertz CT molecular complexity index is 354. The summed E-state index contributed by atoms with van der Waals surface area (Å²) in [6.07, 6.45) is 0. The van der Waals surface area contributed by atoms with E-state index in [9.17, 15) is 0 Å². The lowest BCUT2D eigenvalue weighted by Crippen LogP contribution is -2.40. The lowest BCUT2D eigenvalue weighted by atomic mass is 10.5. The number of nitrogens with one attached hydrogen (secondary N) is 1. The Labute approximate surface area is 92.8 Å². The van der Waals surface area contributed by atoms with Crippen LogP contribution in [0.25, 0.3) is 0 Å². The zero-order chi connectivity index (χ0) is 11.4. The van der Waals surface area contributed by atoms with E-state index in [1.807, 2.05) is 5.01 Å². The van der Waals surface area contributed by atoms with E-state index in [0.717, 1.165) is 13.1 Å². The van der Waals surface area contributed by atoms with Crippen molar-refractivity contribution in [1.82, 2.24) is 20.0 Å². The summed E-state index contributed by atoms with van der Waals surface area (Å²) in [6, 6.07) is 0.197. The molecule has 1 aromatic rings. The zero-order valence-corrected chi connectivity index (χ0v) is 9.01. The number of hydrogen-bond acceptors (Lipinski definition) is 8. The molecule has 2 heterocycles. The van der Waals surface area contributed by atoms with Crippen molar-refractivity contribution in [3.8, 4) is 6.01 Å². The van der Waals surface area contributed by atoms with Crippen molar-refractivity contribution in [2.24, 2.45) is 0 Å². The number of nitrogens with zero attached hydrogens (tertiary/aromatic N) is 4. The molecule has 1 aliphatic rings. The molecule has 0 aliphatic carbocycles. The summed E-state index contributed by atoms with van der Waals surface area (Å²) in [5.74, 6) is 0.508. The van der Waals surface area contributed by atoms with Gasteiger partial charge in [-0.25, -0.2) is 5.01 Å². The maximum absolute atomic E-state index is 5.51. The fourth-order valence-corrected chi connectivity index (χ4v) is 1.33. The van der Waals surface area contributed by atoms with Gasteiger partial charge < -0.3 is 15.2 Å². The van der Waals surface area contributed by atoms with Gasteiger partial charge in [0.2, 0.25) is 11.9 Å². The number of hydrazine groups is 1. The van der Waals surface area contributed by atoms with E-state index in [2.05, 4.69) is 20.4 Å². The van der Waals surface area contributed by atoms with Gasteiger partial charge in [0.15, 0.2) is 0 Å². The summed E-state index contributed by atoms with van der Waals surface area (Å²) in [5.41, 5.74) is 8.54. The number of ether oxygens (including phenoxy) is 2. The number of anilines is 2. The molecule has 0 saturated carbocycles. The standard InChI is InChI=1S/C8H14N6O2/c1-15-8-11-6(9)10-7(12-8)13-14-2-4-16-5-3-14/h2-5H2,1H3,(H3,9,10,11,12,13). The number of morpholine rings is 1. The Hall–Kier alpha value is -1.67. The van der Waals surface area contributed by atoms with Crippen molar-refractivity contribution >= 4 is 11.9 Å². The van der Waals surface area contributed by atoms with Crippen molar-refractivity contribution in [2.75, 3.05) is 44.6 Å². The van der Waals surface area contributed by atoms with E-state index in [0.29, 0.717) is 19.2 Å². The molecule has 1 aromatic heterocycles. The molecule has 8 heteroatoms. The molecule has 0 unspecified atom stereocenters. The molecule has 16 heavy (non-hydrogen) atoms. The highest BCUT2D eigenvalue weighted by atomic mass is 16.5. The third kappa shape index (κ3) is 2.67. The van der Waals surface area contributed by atoms with E-state index in [1.54, 1.807) is 0 Å². The molecule has 0 aromatic carbocycles. The van der Waals surface area contributed by atoms with Crippen LogP contribution >= 0.6 is 0 Å². The highest BCUT2D eigenvalue weighted by Crippen LogP contribution is 2.09. The summed E-state index contributed by atoms with van der Waals surface area (Å²) >= 11 is 0. The minimum Gasteiger partial charge on any atom is -0.467 e. The number of hydrogen-bond donors (Lipinski definition) is 2. The van der Waals surface area contributed by atoms with Gasteiger partial charge in [0.05, 0.1) is 20.3 Å². The first-order chi connectivity index (χ1) is 7.78. The molecule has 0 spiro atoms. The smallest absolute Gasteiger partial charge is 0.322 e. The van der Waals surface area contributed by atoms with Gasteiger partial charge in [0, 0.05) is 13.1 Å². The summed E-state index contributed by atoms with van der Waals surface area (Å²) < 4.78 is 10.1. The molecular formula is C8H14N6O2. The topological polar surface area (TPSA) is 98.4 Å². The molecular weight excluding hydrogens is 212 g/mol. The Balaban J connectivity index is 2.04. The van der Waals surface area contributed by atoms with Crippen molar-refractivity contribution in [3.05, 3.63) is 0 Å². The third-order valence-electron chi connectivity index (χ3n) is 2.08. The van der Waals surface area contributed by atoms with E-state index < -0.39 is 0 Å². The van der Waals surface area contributed by atoms with Crippen LogP contribution in [0, 0.1) is 0 Å². The fraction of sp³-hybridized carbons (Fsp3) is 0.625. The SMILES string of the molecule is COc1nc(N)nc(NN2CCOCC2)n1. The van der Waals surface area contributed by atoms with Crippen LogP contribution < -0.4 is 15.9 Å². The van der Waals surface area contributed by atoms with Gasteiger partial charge in [-0.3, -0.25) is 5.43 Å². The average Bonchev–Trinajstić information content (AvgIpc) is 2.29. The van der Waals surface area contributed by atoms with Gasteiger partial charge >= 0.3 is 6.01 Å². The lowest BCUT2D eigenvalue weighted by Gasteiger charge is -2.26. The highest BCUT2D eigenvalue weighted by Gasteiger charge is 2.12. The van der Waals surface area contributed by atoms with Crippen molar-refractivity contribution in [2.45, 2.75) is 0 Å². The fourth-order valence-electron chi connectivity index (χ4n) is 1.33. The minimum atomic E-state index is 0.127. The summed E-state index contributed by atoms with van der Waals surface area (Å²) in [4.78, 5) is 11.8. The second-order valence-corrected chi connectivity index (χ2v) is 3.22. The maximum Gasteiger partial charge on any atom is 0.322 e. The van der Waals surface area contributed by atoms with Gasteiger partial charge in [-0.2, -0.15) is 15.0 Å². The first-order valence-corrected chi connectivity index (χ1v) is 4.93. The molecule has 8 nitrogen and oxygen atoms in total. The molecule has 0 bridgehead atoms. The van der Waals surface area contributed by atoms with Crippen LogP contribution in [-0.2, 0) is 4.74 Å². The van der Waals surface area contributed by atoms with Crippen molar-refractivity contribution in [3.63, 3.8) is 0 Å². The average molecular weight is 226 g/mol. The quantitative estimate of drug-likeness (QED) is 0.685. The number of aromatic nitrogens is 3. The zero-order valence-electron chi connectivity index (χ0n) is 9.01. The predicted octanol–water partition coefficient (Wildman–Crippen LogP) is -0.878. The van der Waals surface area contributed by atoms with Gasteiger partial charge in [0.1, 0.15) is 0 Å². The van der Waals surface area contributed by atoms with Crippen molar-refractivity contribution < 1.29 is 9.47 Å². The Morgan fingerprint density at radius 3 is 2.75 bits per heavy atom. The number of methoxy groups -OCH3 is 1. The normalized spacial score (nSPS) is 17.1. The number of rotatable bonds is 3. The van der Waals surface area contributed by atoms with E-state index in [-0.39, 0.29) is 12.0 Å². The minimum absolute atomic E-state index is 0.127. The van der Waals surface area contributed by atoms with Crippen LogP contribution in [0.1, 0.15) is 0 Å². The molecule has 3 N–H and O–H groups in total. The molecule has 88 valence electrons. The molecule has 0 atom stereocenters. The Morgan fingerprint density at radius 1 is 1.31 bits per heavy atom. The van der Waals surface area contributed by atoms with E-state index >= 15 is 0 Å². The first kappa shape index (κ1) is 10.8. The predicted molar refractivity (Wildman–Crippen MR) is 56.8 cm³/mol. The summed E-state index contributed by atoms with van der Waals surface area (Å²) in [5, 5.41) is 1.96. The molecule has 0 amide bonds. The van der Waals surface area contributed by atoms with Crippen LogP contribution in [0.15, 0.2) is 0 Å². The van der Waals surface area contributed by atoms with Gasteiger partial charge in [0.25, 0.3) is 0 Å². The highest BCUT2D eigenvalue weighted by molar-refractivity contribution is 5.31. The van der Waals surface area contributed by atoms with Crippen LogP contribution in [0.3, 0.4) is 0 Å². The monoisotopic (exact) mass is 226 g/mol. The molecule has 1 fully saturated rings. The van der Waals surface area contributed by atoms with Crippen molar-refractivity contribution in [1.29, 1.82) is 0 Å². The maximum atomic E-state index is 5.51. The number of nitrogens with two attached hydrogens (primary N) is 1. The second kappa shape index (κ2) is 4.90. The second-order valence-electron chi connectivity index (χ2n) is 3.22. The van der Waals surface area contributed by atoms with Crippen LogP contribution in [0.5, 0.6) is 6.01 Å². The van der Waals surface area contributed by atoms with Crippen LogP contribution in [0.4, 0.5) is 11.9 Å². The van der Waals surface area contributed by atoms with Gasteiger partial charge in [-0.05, 0) is 0 Å². The van der Waals surface area contributed by atoms with Crippen LogP contribution in [-0.4, -0.2) is 53.4 Å². The van der Waals surface area contributed by atoms with E-state index in [4.69, 9.17) is 15.2 Å².